The molecule has 1 aromatic rings. The highest BCUT2D eigenvalue weighted by Crippen LogP contribution is 2.19. The van der Waals surface area contributed by atoms with Crippen LogP contribution in [0.25, 0.3) is 0 Å². The lowest BCUT2D eigenvalue weighted by Crippen LogP contribution is -2.43. The first-order chi connectivity index (χ1) is 6.86. The van der Waals surface area contributed by atoms with E-state index >= 15 is 0 Å². The second kappa shape index (κ2) is 4.91. The van der Waals surface area contributed by atoms with E-state index in [2.05, 4.69) is 35.1 Å². The van der Waals surface area contributed by atoms with Crippen LogP contribution in [0.2, 0.25) is 0 Å². The summed E-state index contributed by atoms with van der Waals surface area (Å²) in [6.45, 7) is 4.56. The average molecular weight is 210 g/mol. The molecule has 1 aliphatic heterocycles. The Bertz CT molecular complexity index is 252. The summed E-state index contributed by atoms with van der Waals surface area (Å²) in [6, 6.07) is 5.48. The van der Waals surface area contributed by atoms with E-state index in [0.29, 0.717) is 12.1 Å². The Hall–Kier alpha value is -0.380. The smallest absolute Gasteiger partial charge is 0.0388 e. The van der Waals surface area contributed by atoms with E-state index in [9.17, 15) is 0 Å². The van der Waals surface area contributed by atoms with Crippen LogP contribution in [0.15, 0.2) is 17.5 Å². The van der Waals surface area contributed by atoms with Gasteiger partial charge in [0, 0.05) is 23.5 Å². The zero-order chi connectivity index (χ0) is 9.80. The van der Waals surface area contributed by atoms with Gasteiger partial charge >= 0.3 is 0 Å². The van der Waals surface area contributed by atoms with E-state index in [-0.39, 0.29) is 0 Å². The van der Waals surface area contributed by atoms with Crippen LogP contribution in [-0.2, 0) is 0 Å². The molecule has 78 valence electrons. The monoisotopic (exact) mass is 210 g/mol. The van der Waals surface area contributed by atoms with Crippen molar-refractivity contribution in [2.45, 2.75) is 31.8 Å². The highest BCUT2D eigenvalue weighted by Gasteiger charge is 2.15. The Morgan fingerprint density at radius 1 is 1.64 bits per heavy atom. The van der Waals surface area contributed by atoms with Crippen LogP contribution in [0.3, 0.4) is 0 Å². The fraction of sp³-hybridized carbons (Fsp3) is 0.636. The minimum Gasteiger partial charge on any atom is -0.315 e. The Labute approximate surface area is 89.7 Å². The van der Waals surface area contributed by atoms with Crippen LogP contribution in [0.5, 0.6) is 0 Å². The second-order valence-electron chi connectivity index (χ2n) is 3.95. The predicted octanol–water partition coefficient (Wildman–Crippen LogP) is 2.15. The third kappa shape index (κ3) is 2.56. The first-order valence-corrected chi connectivity index (χ1v) is 6.24. The first-order valence-electron chi connectivity index (χ1n) is 5.36. The summed E-state index contributed by atoms with van der Waals surface area (Å²) in [5.41, 5.74) is 0. The molecule has 1 fully saturated rings. The van der Waals surface area contributed by atoms with Gasteiger partial charge in [0.15, 0.2) is 0 Å². The molecule has 0 unspecified atom stereocenters. The third-order valence-corrected chi connectivity index (χ3v) is 3.81. The van der Waals surface area contributed by atoms with Gasteiger partial charge in [-0.15, -0.1) is 11.3 Å². The van der Waals surface area contributed by atoms with Crippen molar-refractivity contribution in [3.8, 4) is 0 Å². The second-order valence-corrected chi connectivity index (χ2v) is 4.93. The van der Waals surface area contributed by atoms with Crippen molar-refractivity contribution in [3.63, 3.8) is 0 Å². The highest BCUT2D eigenvalue weighted by molar-refractivity contribution is 7.10. The van der Waals surface area contributed by atoms with Crippen molar-refractivity contribution >= 4 is 11.3 Å². The SMILES string of the molecule is C[C@@H](N[C@@H]1CCCNC1)c1cccs1. The van der Waals surface area contributed by atoms with Crippen molar-refractivity contribution in [3.05, 3.63) is 22.4 Å². The van der Waals surface area contributed by atoms with E-state index in [1.807, 2.05) is 11.3 Å². The summed E-state index contributed by atoms with van der Waals surface area (Å²) in [7, 11) is 0. The Morgan fingerprint density at radius 3 is 3.21 bits per heavy atom. The van der Waals surface area contributed by atoms with E-state index < -0.39 is 0 Å². The van der Waals surface area contributed by atoms with Gasteiger partial charge in [-0.2, -0.15) is 0 Å². The van der Waals surface area contributed by atoms with Crippen molar-refractivity contribution in [2.75, 3.05) is 13.1 Å². The zero-order valence-electron chi connectivity index (χ0n) is 8.62. The van der Waals surface area contributed by atoms with Crippen LogP contribution in [0.4, 0.5) is 0 Å². The molecule has 3 heteroatoms. The fourth-order valence-electron chi connectivity index (χ4n) is 1.97. The largest absolute Gasteiger partial charge is 0.315 e. The lowest BCUT2D eigenvalue weighted by Gasteiger charge is -2.26. The minimum atomic E-state index is 0.500. The zero-order valence-corrected chi connectivity index (χ0v) is 9.44. The summed E-state index contributed by atoms with van der Waals surface area (Å²) < 4.78 is 0. The fourth-order valence-corrected chi connectivity index (χ4v) is 2.71. The maximum absolute atomic E-state index is 3.67. The molecule has 1 saturated heterocycles. The lowest BCUT2D eigenvalue weighted by atomic mass is 10.1. The maximum Gasteiger partial charge on any atom is 0.0388 e. The number of hydrogen-bond donors (Lipinski definition) is 2. The molecule has 0 spiro atoms. The maximum atomic E-state index is 3.67. The molecule has 2 heterocycles. The molecular formula is C11H18N2S. The van der Waals surface area contributed by atoms with Gasteiger partial charge in [-0.1, -0.05) is 6.07 Å². The molecular weight excluding hydrogens is 192 g/mol. The van der Waals surface area contributed by atoms with Crippen molar-refractivity contribution in [2.24, 2.45) is 0 Å². The molecule has 14 heavy (non-hydrogen) atoms. The van der Waals surface area contributed by atoms with Gasteiger partial charge in [0.1, 0.15) is 0 Å². The lowest BCUT2D eigenvalue weighted by molar-refractivity contribution is 0.364. The van der Waals surface area contributed by atoms with E-state index in [1.54, 1.807) is 0 Å². The Morgan fingerprint density at radius 2 is 2.57 bits per heavy atom. The van der Waals surface area contributed by atoms with Crippen LogP contribution < -0.4 is 10.6 Å². The highest BCUT2D eigenvalue weighted by atomic mass is 32.1. The van der Waals surface area contributed by atoms with E-state index in [4.69, 9.17) is 0 Å². The molecule has 0 aliphatic carbocycles. The van der Waals surface area contributed by atoms with Gasteiger partial charge in [0.05, 0.1) is 0 Å². The molecule has 2 N–H and O–H groups in total. The van der Waals surface area contributed by atoms with Gasteiger partial charge in [-0.05, 0) is 37.8 Å². The summed E-state index contributed by atoms with van der Waals surface area (Å²) in [6.07, 6.45) is 2.61. The molecule has 2 nitrogen and oxygen atoms in total. The number of piperidine rings is 1. The molecule has 2 rings (SSSR count). The summed E-state index contributed by atoms with van der Waals surface area (Å²) in [4.78, 5) is 1.44. The number of rotatable bonds is 3. The molecule has 1 aliphatic rings. The molecule has 0 radical (unpaired) electrons. The minimum absolute atomic E-state index is 0.500. The van der Waals surface area contributed by atoms with Crippen molar-refractivity contribution in [1.82, 2.24) is 10.6 Å². The Kier molecular flexibility index (Phi) is 3.56. The van der Waals surface area contributed by atoms with Crippen LogP contribution in [-0.4, -0.2) is 19.1 Å². The van der Waals surface area contributed by atoms with Gasteiger partial charge in [0.25, 0.3) is 0 Å². The van der Waals surface area contributed by atoms with Crippen LogP contribution >= 0.6 is 11.3 Å². The third-order valence-electron chi connectivity index (χ3n) is 2.75. The molecule has 2 atom stereocenters. The summed E-state index contributed by atoms with van der Waals surface area (Å²) in [5.74, 6) is 0. The molecule has 0 bridgehead atoms. The summed E-state index contributed by atoms with van der Waals surface area (Å²) in [5, 5.41) is 9.24. The van der Waals surface area contributed by atoms with E-state index in [0.717, 1.165) is 6.54 Å². The number of thiophene rings is 1. The quantitative estimate of drug-likeness (QED) is 0.799. The van der Waals surface area contributed by atoms with E-state index in [1.165, 1.54) is 24.3 Å². The summed E-state index contributed by atoms with van der Waals surface area (Å²) >= 11 is 1.84. The first kappa shape index (κ1) is 10.1. The van der Waals surface area contributed by atoms with Gasteiger partial charge in [0.2, 0.25) is 0 Å². The standard InChI is InChI=1S/C11H18N2S/c1-9(11-5-3-7-14-11)13-10-4-2-6-12-8-10/h3,5,7,9-10,12-13H,2,4,6,8H2,1H3/t9-,10-/m1/s1. The predicted molar refractivity (Wildman–Crippen MR) is 61.8 cm³/mol. The molecule has 0 aromatic carbocycles. The van der Waals surface area contributed by atoms with Crippen molar-refractivity contribution in [1.29, 1.82) is 0 Å². The van der Waals surface area contributed by atoms with Gasteiger partial charge in [-0.25, -0.2) is 0 Å². The number of nitrogens with one attached hydrogen (secondary N) is 2. The average Bonchev–Trinajstić information content (AvgIpc) is 2.72. The number of hydrogen-bond acceptors (Lipinski definition) is 3. The van der Waals surface area contributed by atoms with Crippen LogP contribution in [0, 0.1) is 0 Å². The molecule has 0 amide bonds. The Balaban J connectivity index is 1.84. The van der Waals surface area contributed by atoms with Gasteiger partial charge in [-0.3, -0.25) is 0 Å². The molecule has 1 aromatic heterocycles. The van der Waals surface area contributed by atoms with Gasteiger partial charge < -0.3 is 10.6 Å². The normalized spacial score (nSPS) is 24.8. The molecule has 0 saturated carbocycles. The van der Waals surface area contributed by atoms with Crippen molar-refractivity contribution < 1.29 is 0 Å². The van der Waals surface area contributed by atoms with Crippen LogP contribution in [0.1, 0.15) is 30.7 Å². The topological polar surface area (TPSA) is 24.1 Å².